The average Bonchev–Trinajstić information content (AvgIpc) is 1.84. The fourth-order valence-corrected chi connectivity index (χ4v) is 0.931. The van der Waals surface area contributed by atoms with Crippen LogP contribution in [0.2, 0.25) is 0 Å². The number of hydrogen-bond acceptors (Lipinski definition) is 2. The van der Waals surface area contributed by atoms with E-state index in [1.807, 2.05) is 0 Å². The van der Waals surface area contributed by atoms with Gasteiger partial charge in [-0.3, -0.25) is 4.79 Å². The van der Waals surface area contributed by atoms with Crippen LogP contribution in [0.25, 0.3) is 0 Å². The van der Waals surface area contributed by atoms with Gasteiger partial charge in [0.2, 0.25) is 5.91 Å². The molecule has 0 aromatic carbocycles. The molecule has 0 aliphatic carbocycles. The predicted molar refractivity (Wildman–Crippen MR) is 49.6 cm³/mol. The van der Waals surface area contributed by atoms with Gasteiger partial charge >= 0.3 is 0 Å². The van der Waals surface area contributed by atoms with Gasteiger partial charge in [0.05, 0.1) is 4.99 Å². The second-order valence-corrected chi connectivity index (χ2v) is 3.27. The highest BCUT2D eigenvalue weighted by Gasteiger charge is 2.13. The van der Waals surface area contributed by atoms with Crippen LogP contribution < -0.4 is 5.32 Å². The quantitative estimate of drug-likeness (QED) is 0.615. The van der Waals surface area contributed by atoms with Crippen molar-refractivity contribution in [1.82, 2.24) is 10.2 Å². The monoisotopic (exact) mass is 174 g/mol. The molecule has 0 aromatic rings. The molecule has 0 fully saturated rings. The number of carbonyl (C=O) groups is 1. The van der Waals surface area contributed by atoms with Gasteiger partial charge < -0.3 is 10.2 Å². The lowest BCUT2D eigenvalue weighted by atomic mass is 10.3. The number of amides is 1. The van der Waals surface area contributed by atoms with E-state index in [0.717, 1.165) is 0 Å². The summed E-state index contributed by atoms with van der Waals surface area (Å²) in [6.07, 6.45) is 0. The van der Waals surface area contributed by atoms with E-state index in [4.69, 9.17) is 12.2 Å². The molecule has 0 aliphatic heterocycles. The Morgan fingerprint density at radius 3 is 2.27 bits per heavy atom. The Balaban J connectivity index is 3.93. The molecule has 1 N–H and O–H groups in total. The molecular weight excluding hydrogens is 160 g/mol. The Hall–Kier alpha value is -0.640. The number of nitrogens with zero attached hydrogens (tertiary/aromatic N) is 1. The van der Waals surface area contributed by atoms with Gasteiger partial charge in [0.25, 0.3) is 0 Å². The standard InChI is InChI=1S/C7H14N2OS/c1-5(8-6(2)11)7(10)9(3)4/h5H,1-4H3,(H,8,11). The average molecular weight is 174 g/mol. The second-order valence-electron chi connectivity index (χ2n) is 2.65. The molecular formula is C7H14N2OS. The minimum atomic E-state index is -0.220. The van der Waals surface area contributed by atoms with E-state index in [1.165, 1.54) is 4.90 Å². The fourth-order valence-electron chi connectivity index (χ4n) is 0.754. The molecule has 0 rings (SSSR count). The van der Waals surface area contributed by atoms with Crippen LogP contribution in [0.15, 0.2) is 0 Å². The summed E-state index contributed by atoms with van der Waals surface area (Å²) in [6.45, 7) is 3.55. The van der Waals surface area contributed by atoms with Gasteiger partial charge in [-0.05, 0) is 13.8 Å². The highest BCUT2D eigenvalue weighted by Crippen LogP contribution is 1.88. The number of rotatable bonds is 2. The normalized spacial score (nSPS) is 12.0. The molecule has 1 atom stereocenters. The first-order valence-corrected chi connectivity index (χ1v) is 3.84. The third-order valence-electron chi connectivity index (χ3n) is 1.23. The minimum absolute atomic E-state index is 0.0363. The van der Waals surface area contributed by atoms with E-state index in [-0.39, 0.29) is 11.9 Å². The first-order valence-electron chi connectivity index (χ1n) is 3.43. The van der Waals surface area contributed by atoms with Crippen molar-refractivity contribution in [3.63, 3.8) is 0 Å². The van der Waals surface area contributed by atoms with Gasteiger partial charge in [-0.25, -0.2) is 0 Å². The summed E-state index contributed by atoms with van der Waals surface area (Å²) in [5.41, 5.74) is 0. The van der Waals surface area contributed by atoms with Crippen molar-refractivity contribution in [1.29, 1.82) is 0 Å². The molecule has 11 heavy (non-hydrogen) atoms. The van der Waals surface area contributed by atoms with E-state index >= 15 is 0 Å². The summed E-state index contributed by atoms with van der Waals surface area (Å²) in [5, 5.41) is 2.86. The Labute approximate surface area is 72.8 Å². The van der Waals surface area contributed by atoms with Crippen molar-refractivity contribution in [2.75, 3.05) is 14.1 Å². The molecule has 3 nitrogen and oxygen atoms in total. The molecule has 1 amide bonds. The number of nitrogens with one attached hydrogen (secondary N) is 1. The predicted octanol–water partition coefficient (Wildman–Crippen LogP) is 0.400. The molecule has 0 spiro atoms. The Morgan fingerprint density at radius 2 is 2.00 bits per heavy atom. The van der Waals surface area contributed by atoms with E-state index in [0.29, 0.717) is 4.99 Å². The van der Waals surface area contributed by atoms with Crippen molar-refractivity contribution < 1.29 is 4.79 Å². The third kappa shape index (κ3) is 3.93. The minimum Gasteiger partial charge on any atom is -0.369 e. The highest BCUT2D eigenvalue weighted by atomic mass is 32.1. The lowest BCUT2D eigenvalue weighted by molar-refractivity contribution is -0.130. The van der Waals surface area contributed by atoms with E-state index in [9.17, 15) is 4.79 Å². The molecule has 0 saturated carbocycles. The zero-order valence-electron chi connectivity index (χ0n) is 7.34. The Kier molecular flexibility index (Phi) is 4.03. The number of thiocarbonyl (C=S) groups is 1. The van der Waals surface area contributed by atoms with Crippen molar-refractivity contribution in [2.24, 2.45) is 0 Å². The van der Waals surface area contributed by atoms with Crippen LogP contribution in [0.3, 0.4) is 0 Å². The molecule has 0 aliphatic rings. The van der Waals surface area contributed by atoms with Gasteiger partial charge in [-0.2, -0.15) is 0 Å². The lowest BCUT2D eigenvalue weighted by Crippen LogP contribution is -2.42. The second kappa shape index (κ2) is 4.28. The molecule has 64 valence electrons. The summed E-state index contributed by atoms with van der Waals surface area (Å²) in [5.74, 6) is 0.0363. The van der Waals surface area contributed by atoms with E-state index in [2.05, 4.69) is 5.32 Å². The van der Waals surface area contributed by atoms with Gasteiger partial charge in [0, 0.05) is 14.1 Å². The van der Waals surface area contributed by atoms with Crippen LogP contribution in [0.1, 0.15) is 13.8 Å². The smallest absolute Gasteiger partial charge is 0.244 e. The summed E-state index contributed by atoms with van der Waals surface area (Å²) < 4.78 is 0. The zero-order valence-corrected chi connectivity index (χ0v) is 8.16. The van der Waals surface area contributed by atoms with Crippen LogP contribution in [0.4, 0.5) is 0 Å². The summed E-state index contributed by atoms with van der Waals surface area (Å²) >= 11 is 4.80. The van der Waals surface area contributed by atoms with Crippen LogP contribution in [0, 0.1) is 0 Å². The Morgan fingerprint density at radius 1 is 1.55 bits per heavy atom. The van der Waals surface area contributed by atoms with Gasteiger partial charge in [0.15, 0.2) is 0 Å². The maximum Gasteiger partial charge on any atom is 0.244 e. The molecule has 1 unspecified atom stereocenters. The summed E-state index contributed by atoms with van der Waals surface area (Å²) in [7, 11) is 3.44. The molecule has 0 saturated heterocycles. The first-order chi connectivity index (χ1) is 4.95. The SMILES string of the molecule is CC(=S)NC(C)C(=O)N(C)C. The van der Waals surface area contributed by atoms with Crippen LogP contribution in [-0.2, 0) is 4.79 Å². The summed E-state index contributed by atoms with van der Waals surface area (Å²) in [6, 6.07) is -0.220. The fraction of sp³-hybridized carbons (Fsp3) is 0.714. The molecule has 4 heteroatoms. The van der Waals surface area contributed by atoms with Gasteiger partial charge in [-0.1, -0.05) is 12.2 Å². The topological polar surface area (TPSA) is 32.3 Å². The third-order valence-corrected chi connectivity index (χ3v) is 1.35. The van der Waals surface area contributed by atoms with Crippen molar-refractivity contribution in [2.45, 2.75) is 19.9 Å². The van der Waals surface area contributed by atoms with Gasteiger partial charge in [-0.15, -0.1) is 0 Å². The zero-order chi connectivity index (χ0) is 9.02. The molecule has 0 aromatic heterocycles. The van der Waals surface area contributed by atoms with Crippen molar-refractivity contribution in [3.05, 3.63) is 0 Å². The maximum absolute atomic E-state index is 11.2. The molecule has 0 heterocycles. The number of likely N-dealkylation sites (N-methyl/N-ethyl adjacent to an activating group) is 1. The van der Waals surface area contributed by atoms with Crippen molar-refractivity contribution in [3.8, 4) is 0 Å². The number of carbonyl (C=O) groups excluding carboxylic acids is 1. The van der Waals surface area contributed by atoms with Crippen LogP contribution in [-0.4, -0.2) is 35.9 Å². The van der Waals surface area contributed by atoms with E-state index in [1.54, 1.807) is 27.9 Å². The Bertz CT molecular complexity index is 168. The highest BCUT2D eigenvalue weighted by molar-refractivity contribution is 7.80. The van der Waals surface area contributed by atoms with Gasteiger partial charge in [0.1, 0.15) is 6.04 Å². The lowest BCUT2D eigenvalue weighted by Gasteiger charge is -2.17. The molecule has 0 bridgehead atoms. The largest absolute Gasteiger partial charge is 0.369 e. The number of hydrogen-bond donors (Lipinski definition) is 1. The first kappa shape index (κ1) is 10.4. The van der Waals surface area contributed by atoms with E-state index < -0.39 is 0 Å². The van der Waals surface area contributed by atoms with Crippen LogP contribution >= 0.6 is 12.2 Å². The van der Waals surface area contributed by atoms with Crippen molar-refractivity contribution >= 4 is 23.1 Å². The summed E-state index contributed by atoms with van der Waals surface area (Å²) in [4.78, 5) is 13.4. The van der Waals surface area contributed by atoms with Crippen LogP contribution in [0.5, 0.6) is 0 Å². The molecule has 0 radical (unpaired) electrons. The maximum atomic E-state index is 11.2.